The lowest BCUT2D eigenvalue weighted by molar-refractivity contribution is 0.910. The molecule has 0 radical (unpaired) electrons. The molecule has 0 aliphatic rings. The van der Waals surface area contributed by atoms with E-state index in [0.29, 0.717) is 5.52 Å². The Hall–Kier alpha value is -2.81. The Morgan fingerprint density at radius 3 is 2.36 bits per heavy atom. The molecule has 0 aliphatic carbocycles. The summed E-state index contributed by atoms with van der Waals surface area (Å²) in [4.78, 5) is 12.9. The molecule has 2 heterocycles. The third kappa shape index (κ3) is 1.79. The van der Waals surface area contributed by atoms with Crippen molar-refractivity contribution in [3.8, 4) is 5.69 Å². The van der Waals surface area contributed by atoms with Crippen molar-refractivity contribution in [1.82, 2.24) is 8.97 Å². The second-order valence-electron chi connectivity index (χ2n) is 5.70. The van der Waals surface area contributed by atoms with Gasteiger partial charge in [-0.05, 0) is 38.1 Å². The third-order valence-corrected chi connectivity index (χ3v) is 4.13. The summed E-state index contributed by atoms with van der Waals surface area (Å²) >= 11 is 0. The zero-order valence-electron chi connectivity index (χ0n) is 12.6. The Bertz CT molecular complexity index is 1050. The van der Waals surface area contributed by atoms with Gasteiger partial charge in [-0.2, -0.15) is 0 Å². The van der Waals surface area contributed by atoms with Gasteiger partial charge in [0.05, 0.1) is 5.52 Å². The maximum Gasteiger partial charge on any atom is 0.279 e. The number of hydrogen-bond acceptors (Lipinski definition) is 1. The highest BCUT2D eigenvalue weighted by atomic mass is 16.1. The average molecular weight is 288 g/mol. The van der Waals surface area contributed by atoms with Crippen molar-refractivity contribution in [2.45, 2.75) is 13.8 Å². The predicted molar refractivity (Wildman–Crippen MR) is 90.0 cm³/mol. The van der Waals surface area contributed by atoms with Gasteiger partial charge >= 0.3 is 0 Å². The molecule has 0 fully saturated rings. The van der Waals surface area contributed by atoms with Gasteiger partial charge in [0, 0.05) is 23.0 Å². The lowest BCUT2D eigenvalue weighted by atomic mass is 10.2. The van der Waals surface area contributed by atoms with Crippen molar-refractivity contribution >= 4 is 16.4 Å². The minimum atomic E-state index is 0.0139. The van der Waals surface area contributed by atoms with Crippen LogP contribution in [0.4, 0.5) is 0 Å². The van der Waals surface area contributed by atoms with Gasteiger partial charge in [-0.25, -0.2) is 0 Å². The number of rotatable bonds is 1. The maximum absolute atomic E-state index is 12.9. The quantitative estimate of drug-likeness (QED) is 0.522. The molecule has 108 valence electrons. The molecule has 4 rings (SSSR count). The Morgan fingerprint density at radius 1 is 0.864 bits per heavy atom. The molecule has 0 unspecified atom stereocenters. The highest BCUT2D eigenvalue weighted by Crippen LogP contribution is 2.19. The van der Waals surface area contributed by atoms with Gasteiger partial charge in [0.15, 0.2) is 0 Å². The van der Waals surface area contributed by atoms with Gasteiger partial charge < -0.3 is 4.40 Å². The molecular weight excluding hydrogens is 272 g/mol. The smallest absolute Gasteiger partial charge is 0.279 e. The number of aryl methyl sites for hydroxylation is 2. The fraction of sp³-hybridized carbons (Fsp3) is 0.105. The van der Waals surface area contributed by atoms with Crippen LogP contribution in [0.1, 0.15) is 11.3 Å². The van der Waals surface area contributed by atoms with E-state index in [4.69, 9.17) is 0 Å². The van der Waals surface area contributed by atoms with Crippen LogP contribution in [0.15, 0.2) is 65.6 Å². The van der Waals surface area contributed by atoms with Gasteiger partial charge in [-0.3, -0.25) is 9.36 Å². The van der Waals surface area contributed by atoms with E-state index in [2.05, 4.69) is 0 Å². The first-order valence-corrected chi connectivity index (χ1v) is 7.35. The Labute approximate surface area is 128 Å². The van der Waals surface area contributed by atoms with Gasteiger partial charge in [0.2, 0.25) is 0 Å². The number of fused-ring (bicyclic) bond motifs is 3. The van der Waals surface area contributed by atoms with Gasteiger partial charge in [0.25, 0.3) is 5.56 Å². The van der Waals surface area contributed by atoms with E-state index < -0.39 is 0 Å². The summed E-state index contributed by atoms with van der Waals surface area (Å²) in [5.41, 5.74) is 4.79. The fourth-order valence-corrected chi connectivity index (χ4v) is 3.01. The van der Waals surface area contributed by atoms with Crippen LogP contribution >= 0.6 is 0 Å². The van der Waals surface area contributed by atoms with Crippen LogP contribution in [0.2, 0.25) is 0 Å². The Kier molecular flexibility index (Phi) is 2.70. The summed E-state index contributed by atoms with van der Waals surface area (Å²) in [7, 11) is 0. The summed E-state index contributed by atoms with van der Waals surface area (Å²) in [6, 6.07) is 18.1. The van der Waals surface area contributed by atoms with E-state index in [1.807, 2.05) is 79.0 Å². The predicted octanol–water partition coefficient (Wildman–Crippen LogP) is 3.86. The van der Waals surface area contributed by atoms with Crippen LogP contribution < -0.4 is 5.56 Å². The van der Waals surface area contributed by atoms with Crippen molar-refractivity contribution in [3.63, 3.8) is 0 Å². The largest absolute Gasteiger partial charge is 0.310 e. The maximum atomic E-state index is 12.9. The molecular formula is C19H16N2O. The van der Waals surface area contributed by atoms with Crippen LogP contribution in [-0.2, 0) is 0 Å². The van der Waals surface area contributed by atoms with Gasteiger partial charge in [-0.1, -0.05) is 35.9 Å². The lowest BCUT2D eigenvalue weighted by Gasteiger charge is -2.11. The summed E-state index contributed by atoms with van der Waals surface area (Å²) in [5.74, 6) is 0. The number of para-hydroxylation sites is 1. The molecule has 4 aromatic rings. The molecule has 3 heteroatoms. The topological polar surface area (TPSA) is 26.4 Å². The van der Waals surface area contributed by atoms with Crippen molar-refractivity contribution in [1.29, 1.82) is 0 Å². The van der Waals surface area contributed by atoms with E-state index in [1.165, 1.54) is 5.56 Å². The second-order valence-corrected chi connectivity index (χ2v) is 5.70. The average Bonchev–Trinajstić information content (AvgIpc) is 2.88. The number of nitrogens with zero attached hydrogens (tertiary/aromatic N) is 2. The summed E-state index contributed by atoms with van der Waals surface area (Å²) in [6.07, 6.45) is 2.03. The molecule has 0 spiro atoms. The Balaban J connectivity index is 2.10. The zero-order chi connectivity index (χ0) is 15.3. The van der Waals surface area contributed by atoms with Crippen molar-refractivity contribution < 1.29 is 0 Å². The minimum Gasteiger partial charge on any atom is -0.310 e. The van der Waals surface area contributed by atoms with Crippen molar-refractivity contribution in [3.05, 3.63) is 82.4 Å². The molecule has 0 saturated carbocycles. The van der Waals surface area contributed by atoms with Crippen LogP contribution in [-0.4, -0.2) is 8.97 Å². The monoisotopic (exact) mass is 288 g/mol. The van der Waals surface area contributed by atoms with E-state index in [9.17, 15) is 4.79 Å². The van der Waals surface area contributed by atoms with E-state index >= 15 is 0 Å². The Morgan fingerprint density at radius 2 is 1.59 bits per heavy atom. The molecule has 3 nitrogen and oxygen atoms in total. The molecule has 2 aromatic carbocycles. The van der Waals surface area contributed by atoms with E-state index in [-0.39, 0.29) is 5.56 Å². The molecule has 0 aliphatic heterocycles. The van der Waals surface area contributed by atoms with Crippen molar-refractivity contribution in [2.24, 2.45) is 0 Å². The third-order valence-electron chi connectivity index (χ3n) is 4.13. The van der Waals surface area contributed by atoms with Crippen molar-refractivity contribution in [2.75, 3.05) is 0 Å². The molecule has 0 amide bonds. The molecule has 0 atom stereocenters. The summed E-state index contributed by atoms with van der Waals surface area (Å²) in [5, 5.41) is 1.08. The first-order chi connectivity index (χ1) is 10.6. The number of benzene rings is 2. The van der Waals surface area contributed by atoms with Crippen LogP contribution in [0, 0.1) is 13.8 Å². The highest BCUT2D eigenvalue weighted by Gasteiger charge is 2.11. The molecule has 0 N–H and O–H groups in total. The van der Waals surface area contributed by atoms with E-state index in [0.717, 1.165) is 22.3 Å². The molecule has 2 aromatic heterocycles. The van der Waals surface area contributed by atoms with Crippen LogP contribution in [0.25, 0.3) is 22.1 Å². The first kappa shape index (κ1) is 12.9. The number of hydrogen-bond donors (Lipinski definition) is 0. The highest BCUT2D eigenvalue weighted by molar-refractivity contribution is 5.86. The summed E-state index contributed by atoms with van der Waals surface area (Å²) < 4.78 is 3.76. The number of aromatic nitrogens is 2. The SMILES string of the molecule is Cc1ccc(-n2c(C)cn3c(cc4ccccc43)c2=O)cc1. The summed E-state index contributed by atoms with van der Waals surface area (Å²) in [6.45, 7) is 4.01. The van der Waals surface area contributed by atoms with Gasteiger partial charge in [0.1, 0.15) is 5.52 Å². The lowest BCUT2D eigenvalue weighted by Crippen LogP contribution is -2.22. The molecule has 0 saturated heterocycles. The minimum absolute atomic E-state index is 0.0139. The second kappa shape index (κ2) is 4.60. The van der Waals surface area contributed by atoms with Gasteiger partial charge in [-0.15, -0.1) is 0 Å². The van der Waals surface area contributed by atoms with E-state index in [1.54, 1.807) is 4.57 Å². The molecule has 0 bridgehead atoms. The first-order valence-electron chi connectivity index (χ1n) is 7.35. The normalized spacial score (nSPS) is 11.4. The van der Waals surface area contributed by atoms with Crippen LogP contribution in [0.3, 0.4) is 0 Å². The standard InChI is InChI=1S/C19H16N2O/c1-13-7-9-16(10-8-13)21-14(2)12-20-17-6-4-3-5-15(17)11-18(20)19(21)22/h3-12H,1-2H3. The fourth-order valence-electron chi connectivity index (χ4n) is 3.01. The zero-order valence-corrected chi connectivity index (χ0v) is 12.6. The molecule has 22 heavy (non-hydrogen) atoms. The van der Waals surface area contributed by atoms with Crippen LogP contribution in [0.5, 0.6) is 0 Å².